The molecule has 0 atom stereocenters. The first-order valence-electron chi connectivity index (χ1n) is 1.77. The first-order chi connectivity index (χ1) is 3.15. The predicted octanol–water partition coefficient (Wildman–Crippen LogP) is -0.461. The summed E-state index contributed by atoms with van der Waals surface area (Å²) in [5.41, 5.74) is 4.85. The molecule has 0 aliphatic rings. The Hall–Kier alpha value is 0.866. The summed E-state index contributed by atoms with van der Waals surface area (Å²) in [6.07, 6.45) is -1.83. The molecule has 0 aromatic heterocycles. The van der Waals surface area contributed by atoms with Crippen molar-refractivity contribution in [3.8, 4) is 0 Å². The molecule has 0 amide bonds. The summed E-state index contributed by atoms with van der Waals surface area (Å²) in [6, 6.07) is 0. The van der Waals surface area contributed by atoms with Crippen molar-refractivity contribution in [3.63, 3.8) is 0 Å². The molecule has 0 bridgehead atoms. The molecule has 0 aliphatic carbocycles. The van der Waals surface area contributed by atoms with Crippen LogP contribution in [0.5, 0.6) is 0 Å². The van der Waals surface area contributed by atoms with Gasteiger partial charge in [-0.3, -0.25) is 0 Å². The van der Waals surface area contributed by atoms with Crippen LogP contribution in [0.25, 0.3) is 0 Å². The zero-order valence-electron chi connectivity index (χ0n) is 4.09. The van der Waals surface area contributed by atoms with E-state index in [4.69, 9.17) is 20.7 Å². The van der Waals surface area contributed by atoms with Crippen LogP contribution in [0.1, 0.15) is 6.92 Å². The van der Waals surface area contributed by atoms with E-state index in [-0.39, 0.29) is 51.4 Å². The number of carboxylic acid groups (broad SMARTS) is 2. The van der Waals surface area contributed by atoms with Crippen LogP contribution in [0.2, 0.25) is 0 Å². The van der Waals surface area contributed by atoms with Gasteiger partial charge in [-0.15, -0.1) is 0 Å². The number of hydrogen-bond donors (Lipinski definition) is 3. The zero-order valence-corrected chi connectivity index (χ0v) is 4.09. The Morgan fingerprint density at radius 1 is 1.62 bits per heavy atom. The molecule has 0 saturated heterocycles. The molecule has 4 N–H and O–H groups in total. The molecule has 0 fully saturated rings. The molecular weight excluding hydrogens is 137 g/mol. The van der Waals surface area contributed by atoms with E-state index in [1.54, 1.807) is 0 Å². The van der Waals surface area contributed by atoms with Gasteiger partial charge in [0.2, 0.25) is 0 Å². The second-order valence-electron chi connectivity index (χ2n) is 0.691. The molecular formula is C3H10KNO3. The summed E-state index contributed by atoms with van der Waals surface area (Å²) in [7, 11) is 0. The van der Waals surface area contributed by atoms with Crippen LogP contribution in [0.3, 0.4) is 0 Å². The molecule has 46 valence electrons. The van der Waals surface area contributed by atoms with Crippen molar-refractivity contribution in [2.75, 3.05) is 6.54 Å². The average Bonchev–Trinajstić information content (AvgIpc) is 1.33. The molecule has 8 heavy (non-hydrogen) atoms. The molecule has 4 nitrogen and oxygen atoms in total. The maximum absolute atomic E-state index is 8.56. The molecule has 0 saturated carbocycles. The third-order valence-electron chi connectivity index (χ3n) is 0. The first-order valence-corrected chi connectivity index (χ1v) is 1.77. The quantitative estimate of drug-likeness (QED) is 0.405. The Balaban J connectivity index is -0.0000000575. The van der Waals surface area contributed by atoms with Crippen molar-refractivity contribution >= 4 is 57.5 Å². The molecule has 0 aromatic carbocycles. The first kappa shape index (κ1) is 15.9. The van der Waals surface area contributed by atoms with Gasteiger partial charge >= 0.3 is 57.5 Å². The Morgan fingerprint density at radius 2 is 1.62 bits per heavy atom. The minimum atomic E-state index is -1.83. The SMILES string of the molecule is CCN.O=C(O)O.[KH]. The van der Waals surface area contributed by atoms with Gasteiger partial charge in [0, 0.05) is 0 Å². The van der Waals surface area contributed by atoms with E-state index < -0.39 is 6.16 Å². The van der Waals surface area contributed by atoms with Crippen LogP contribution in [0, 0.1) is 0 Å². The molecule has 0 spiro atoms. The number of hydrogen-bond acceptors (Lipinski definition) is 2. The van der Waals surface area contributed by atoms with Crippen molar-refractivity contribution in [2.24, 2.45) is 5.73 Å². The maximum atomic E-state index is 8.56. The van der Waals surface area contributed by atoms with Gasteiger partial charge in [-0.05, 0) is 6.54 Å². The molecule has 5 heteroatoms. The Bertz CT molecular complexity index is 45.8. The molecule has 0 unspecified atom stereocenters. The van der Waals surface area contributed by atoms with Gasteiger partial charge in [-0.2, -0.15) is 0 Å². The fraction of sp³-hybridized carbons (Fsp3) is 0.667. The predicted molar refractivity (Wildman–Crippen MR) is 32.5 cm³/mol. The summed E-state index contributed by atoms with van der Waals surface area (Å²) in [5, 5.41) is 13.9. The number of carbonyl (C=O) groups is 1. The second kappa shape index (κ2) is 15.7. The normalized spacial score (nSPS) is 5.25. The van der Waals surface area contributed by atoms with E-state index >= 15 is 0 Å². The van der Waals surface area contributed by atoms with Crippen LogP contribution >= 0.6 is 0 Å². The summed E-state index contributed by atoms with van der Waals surface area (Å²) < 4.78 is 0. The van der Waals surface area contributed by atoms with Crippen molar-refractivity contribution in [3.05, 3.63) is 0 Å². The van der Waals surface area contributed by atoms with Gasteiger partial charge < -0.3 is 15.9 Å². The van der Waals surface area contributed by atoms with Gasteiger partial charge in [0.1, 0.15) is 0 Å². The molecule has 0 aliphatic heterocycles. The van der Waals surface area contributed by atoms with Crippen molar-refractivity contribution in [1.29, 1.82) is 0 Å². The van der Waals surface area contributed by atoms with E-state index in [9.17, 15) is 0 Å². The standard InChI is InChI=1S/C2H7N.CH2O3.K.H/c1-2-3;2-1(3)4;;/h2-3H2,1H3;(H2,2,3,4);;. The number of rotatable bonds is 0. The van der Waals surface area contributed by atoms with Gasteiger partial charge in [-0.25, -0.2) is 4.79 Å². The van der Waals surface area contributed by atoms with E-state index in [1.807, 2.05) is 6.92 Å². The molecule has 0 radical (unpaired) electrons. The fourth-order valence-electron chi connectivity index (χ4n) is 0. The van der Waals surface area contributed by atoms with Crippen LogP contribution < -0.4 is 5.73 Å². The van der Waals surface area contributed by atoms with Gasteiger partial charge in [0.05, 0.1) is 0 Å². The van der Waals surface area contributed by atoms with E-state index in [0.717, 1.165) is 6.54 Å². The van der Waals surface area contributed by atoms with Crippen molar-refractivity contribution in [2.45, 2.75) is 6.92 Å². The topological polar surface area (TPSA) is 83.6 Å². The third kappa shape index (κ3) is 315. The van der Waals surface area contributed by atoms with Gasteiger partial charge in [0.15, 0.2) is 0 Å². The summed E-state index contributed by atoms with van der Waals surface area (Å²) in [5.74, 6) is 0. The fourth-order valence-corrected chi connectivity index (χ4v) is 0. The summed E-state index contributed by atoms with van der Waals surface area (Å²) in [4.78, 5) is 8.56. The Kier molecular flexibility index (Phi) is 31.2. The van der Waals surface area contributed by atoms with E-state index in [0.29, 0.717) is 0 Å². The Morgan fingerprint density at radius 3 is 1.62 bits per heavy atom. The van der Waals surface area contributed by atoms with E-state index in [2.05, 4.69) is 0 Å². The third-order valence-corrected chi connectivity index (χ3v) is 0. The van der Waals surface area contributed by atoms with Gasteiger partial charge in [0.25, 0.3) is 0 Å². The summed E-state index contributed by atoms with van der Waals surface area (Å²) >= 11 is 0. The zero-order chi connectivity index (χ0) is 6.28. The van der Waals surface area contributed by atoms with Crippen LogP contribution in [-0.2, 0) is 0 Å². The van der Waals surface area contributed by atoms with Crippen molar-refractivity contribution < 1.29 is 15.0 Å². The Labute approximate surface area is 90.5 Å². The van der Waals surface area contributed by atoms with Gasteiger partial charge in [-0.1, -0.05) is 6.92 Å². The van der Waals surface area contributed by atoms with Crippen LogP contribution in [0.15, 0.2) is 0 Å². The average molecular weight is 147 g/mol. The second-order valence-corrected chi connectivity index (χ2v) is 0.691. The van der Waals surface area contributed by atoms with E-state index in [1.165, 1.54) is 0 Å². The molecule has 0 heterocycles. The van der Waals surface area contributed by atoms with Crippen LogP contribution in [0.4, 0.5) is 4.79 Å². The molecule has 0 aromatic rings. The number of nitrogens with two attached hydrogens (primary N) is 1. The minimum absolute atomic E-state index is 0. The molecule has 0 rings (SSSR count). The van der Waals surface area contributed by atoms with Crippen LogP contribution in [-0.4, -0.2) is 74.3 Å². The summed E-state index contributed by atoms with van der Waals surface area (Å²) in [6.45, 7) is 2.65. The monoisotopic (exact) mass is 147 g/mol. The van der Waals surface area contributed by atoms with Crippen molar-refractivity contribution in [1.82, 2.24) is 0 Å².